The Morgan fingerprint density at radius 2 is 1.89 bits per heavy atom. The molecule has 4 heteroatoms. The van der Waals surface area contributed by atoms with Crippen LogP contribution in [0.2, 0.25) is 0 Å². The van der Waals surface area contributed by atoms with Gasteiger partial charge < -0.3 is 4.90 Å². The number of pyridine rings is 1. The molecule has 0 unspecified atom stereocenters. The van der Waals surface area contributed by atoms with Gasteiger partial charge in [-0.3, -0.25) is 9.78 Å². The monoisotopic (exact) mass is 312 g/mol. The van der Waals surface area contributed by atoms with Crippen LogP contribution < -0.4 is 0 Å². The van der Waals surface area contributed by atoms with Gasteiger partial charge in [0.15, 0.2) is 0 Å². The zero-order valence-electron chi connectivity index (χ0n) is 11.2. The maximum absolute atomic E-state index is 12.0. The lowest BCUT2D eigenvalue weighted by atomic mass is 10.1. The molecule has 0 bridgehead atoms. The van der Waals surface area contributed by atoms with Crippen LogP contribution in [0.5, 0.6) is 0 Å². The van der Waals surface area contributed by atoms with E-state index in [1.165, 1.54) is 12.8 Å². The Morgan fingerprint density at radius 3 is 2.44 bits per heavy atom. The van der Waals surface area contributed by atoms with Gasteiger partial charge in [-0.2, -0.15) is 0 Å². The van der Waals surface area contributed by atoms with Gasteiger partial charge >= 0.3 is 0 Å². The van der Waals surface area contributed by atoms with Crippen molar-refractivity contribution < 1.29 is 4.79 Å². The minimum atomic E-state index is 0.100. The molecule has 0 aliphatic carbocycles. The van der Waals surface area contributed by atoms with Crippen molar-refractivity contribution in [3.8, 4) is 0 Å². The fourth-order valence-corrected chi connectivity index (χ4v) is 2.17. The Hall–Kier alpha value is -0.900. The van der Waals surface area contributed by atoms with E-state index in [0.717, 1.165) is 30.4 Å². The number of hydrogen-bond donors (Lipinski definition) is 0. The molecule has 1 aromatic heterocycles. The lowest BCUT2D eigenvalue weighted by molar-refractivity contribution is 0.0724. The largest absolute Gasteiger partial charge is 0.339 e. The summed E-state index contributed by atoms with van der Waals surface area (Å²) in [6.07, 6.45) is 8.04. The first-order chi connectivity index (χ1) is 8.69. The third-order valence-electron chi connectivity index (χ3n) is 2.60. The number of carbonyl (C=O) groups excluding carboxylic acids is 1. The highest BCUT2D eigenvalue weighted by Gasteiger charge is 2.18. The number of rotatable bonds is 1. The molecule has 1 amide bonds. The van der Waals surface area contributed by atoms with Crippen LogP contribution in [0, 0.1) is 0 Å². The minimum Gasteiger partial charge on any atom is -0.339 e. The molecule has 2 heterocycles. The van der Waals surface area contributed by atoms with Crippen molar-refractivity contribution in [2.75, 3.05) is 13.1 Å². The van der Waals surface area contributed by atoms with E-state index in [1.807, 2.05) is 11.0 Å². The highest BCUT2D eigenvalue weighted by molar-refractivity contribution is 9.10. The first kappa shape index (κ1) is 15.2. The fourth-order valence-electron chi connectivity index (χ4n) is 1.81. The molecular formula is C14H21BrN2O. The molecule has 1 aliphatic rings. The van der Waals surface area contributed by atoms with Crippen LogP contribution in [0.4, 0.5) is 0 Å². The van der Waals surface area contributed by atoms with Crippen LogP contribution in [0.1, 0.15) is 49.9 Å². The van der Waals surface area contributed by atoms with Gasteiger partial charge in [-0.25, -0.2) is 0 Å². The van der Waals surface area contributed by atoms with Crippen LogP contribution in [-0.4, -0.2) is 28.9 Å². The molecule has 0 spiro atoms. The van der Waals surface area contributed by atoms with E-state index in [4.69, 9.17) is 0 Å². The van der Waals surface area contributed by atoms with Crippen molar-refractivity contribution in [1.82, 2.24) is 9.88 Å². The van der Waals surface area contributed by atoms with Gasteiger partial charge in [-0.05, 0) is 41.3 Å². The third kappa shape index (κ3) is 4.77. The van der Waals surface area contributed by atoms with Crippen molar-refractivity contribution in [3.63, 3.8) is 0 Å². The summed E-state index contributed by atoms with van der Waals surface area (Å²) in [5, 5.41) is 0. The van der Waals surface area contributed by atoms with Crippen LogP contribution in [0.3, 0.4) is 0 Å². The van der Waals surface area contributed by atoms with Crippen LogP contribution in [0.15, 0.2) is 22.9 Å². The molecule has 0 aromatic carbocycles. The minimum absolute atomic E-state index is 0.100. The van der Waals surface area contributed by atoms with E-state index in [2.05, 4.69) is 34.8 Å². The molecule has 0 saturated carbocycles. The summed E-state index contributed by atoms with van der Waals surface area (Å²) >= 11 is 3.32. The number of aromatic nitrogens is 1. The average Bonchev–Trinajstić information content (AvgIpc) is 2.40. The molecule has 100 valence electrons. The molecule has 1 aromatic rings. The van der Waals surface area contributed by atoms with Crippen molar-refractivity contribution in [2.24, 2.45) is 0 Å². The predicted molar refractivity (Wildman–Crippen MR) is 77.7 cm³/mol. The summed E-state index contributed by atoms with van der Waals surface area (Å²) < 4.78 is 0.852. The molecule has 1 saturated heterocycles. The molecule has 0 N–H and O–H groups in total. The summed E-state index contributed by atoms with van der Waals surface area (Å²) in [6, 6.07) is 1.82. The zero-order valence-corrected chi connectivity index (χ0v) is 12.7. The number of halogens is 1. The smallest absolute Gasteiger partial charge is 0.255 e. The number of nitrogens with zero attached hydrogens (tertiary/aromatic N) is 2. The summed E-state index contributed by atoms with van der Waals surface area (Å²) in [6.45, 7) is 6.01. The zero-order chi connectivity index (χ0) is 13.4. The fraction of sp³-hybridized carbons (Fsp3) is 0.571. The molecule has 0 radical (unpaired) electrons. The summed E-state index contributed by atoms with van der Waals surface area (Å²) in [5.74, 6) is 0.100. The average molecular weight is 313 g/mol. The Labute approximate surface area is 118 Å². The maximum Gasteiger partial charge on any atom is 0.255 e. The summed E-state index contributed by atoms with van der Waals surface area (Å²) in [5.41, 5.74) is 0.672. The van der Waals surface area contributed by atoms with Crippen LogP contribution >= 0.6 is 15.9 Å². The quantitative estimate of drug-likeness (QED) is 0.788. The van der Waals surface area contributed by atoms with E-state index < -0.39 is 0 Å². The van der Waals surface area contributed by atoms with Crippen molar-refractivity contribution in [3.05, 3.63) is 28.5 Å². The normalized spacial score (nSPS) is 14.7. The standard InChI is InChI=1S/C11H13BrN2O.C3H8/c12-10-6-9(7-13-8-10)11(15)14-4-2-1-3-5-14;1-3-2/h6-8H,1-5H2;3H2,1-2H3. The predicted octanol–water partition coefficient (Wildman–Crippen LogP) is 3.89. The molecule has 2 rings (SSSR count). The van der Waals surface area contributed by atoms with Gasteiger partial charge in [0, 0.05) is 30.0 Å². The van der Waals surface area contributed by atoms with Crippen molar-refractivity contribution >= 4 is 21.8 Å². The molecule has 1 aliphatic heterocycles. The van der Waals surface area contributed by atoms with Gasteiger partial charge in [-0.15, -0.1) is 0 Å². The van der Waals surface area contributed by atoms with Crippen molar-refractivity contribution in [1.29, 1.82) is 0 Å². The Balaban J connectivity index is 0.000000492. The highest BCUT2D eigenvalue weighted by Crippen LogP contribution is 2.15. The molecular weight excluding hydrogens is 292 g/mol. The molecule has 0 atom stereocenters. The second-order valence-corrected chi connectivity index (χ2v) is 5.37. The summed E-state index contributed by atoms with van der Waals surface area (Å²) in [7, 11) is 0. The molecule has 1 fully saturated rings. The number of likely N-dealkylation sites (tertiary alicyclic amines) is 1. The first-order valence-corrected chi connectivity index (χ1v) is 7.38. The first-order valence-electron chi connectivity index (χ1n) is 6.58. The van der Waals surface area contributed by atoms with E-state index >= 15 is 0 Å². The van der Waals surface area contributed by atoms with Crippen LogP contribution in [0.25, 0.3) is 0 Å². The Kier molecular flexibility index (Phi) is 6.94. The van der Waals surface area contributed by atoms with Crippen LogP contribution in [-0.2, 0) is 0 Å². The molecule has 3 nitrogen and oxygen atoms in total. The Bertz CT molecular complexity index is 376. The van der Waals surface area contributed by atoms with Gasteiger partial charge in [0.25, 0.3) is 5.91 Å². The van der Waals surface area contributed by atoms with E-state index in [0.29, 0.717) is 5.56 Å². The van der Waals surface area contributed by atoms with Gasteiger partial charge in [0.2, 0.25) is 0 Å². The lowest BCUT2D eigenvalue weighted by Gasteiger charge is -2.26. The molecule has 18 heavy (non-hydrogen) atoms. The van der Waals surface area contributed by atoms with E-state index in [9.17, 15) is 4.79 Å². The van der Waals surface area contributed by atoms with Crippen molar-refractivity contribution in [2.45, 2.75) is 39.5 Å². The lowest BCUT2D eigenvalue weighted by Crippen LogP contribution is -2.35. The second kappa shape index (κ2) is 8.25. The van der Waals surface area contributed by atoms with Gasteiger partial charge in [-0.1, -0.05) is 20.3 Å². The summed E-state index contributed by atoms with van der Waals surface area (Å²) in [4.78, 5) is 17.9. The third-order valence-corrected chi connectivity index (χ3v) is 3.03. The van der Waals surface area contributed by atoms with E-state index in [-0.39, 0.29) is 5.91 Å². The van der Waals surface area contributed by atoms with Gasteiger partial charge in [0.05, 0.1) is 5.56 Å². The highest BCUT2D eigenvalue weighted by atomic mass is 79.9. The number of piperidine rings is 1. The number of hydrogen-bond acceptors (Lipinski definition) is 2. The number of carbonyl (C=O) groups is 1. The SMILES string of the molecule is CCC.O=C(c1cncc(Br)c1)N1CCCCC1. The Morgan fingerprint density at radius 1 is 1.28 bits per heavy atom. The second-order valence-electron chi connectivity index (χ2n) is 4.45. The van der Waals surface area contributed by atoms with Gasteiger partial charge in [0.1, 0.15) is 0 Å². The topological polar surface area (TPSA) is 33.2 Å². The number of amides is 1. The van der Waals surface area contributed by atoms with E-state index in [1.54, 1.807) is 12.4 Å². The maximum atomic E-state index is 12.0.